The minimum Gasteiger partial charge on any atom is -0.376 e. The minimum absolute atomic E-state index is 0.137. The van der Waals surface area contributed by atoms with Crippen LogP contribution in [0.1, 0.15) is 31.7 Å². The van der Waals surface area contributed by atoms with Crippen LogP contribution < -0.4 is 16.4 Å². The van der Waals surface area contributed by atoms with Crippen molar-refractivity contribution in [3.63, 3.8) is 0 Å². The molecule has 2 fully saturated rings. The second-order valence-corrected chi connectivity index (χ2v) is 9.17. The summed E-state index contributed by atoms with van der Waals surface area (Å²) in [6.45, 7) is 4.17. The van der Waals surface area contributed by atoms with Gasteiger partial charge in [-0.25, -0.2) is 4.79 Å². The Labute approximate surface area is 199 Å². The number of para-hydroxylation sites is 1. The van der Waals surface area contributed by atoms with Crippen molar-refractivity contribution in [2.24, 2.45) is 17.6 Å². The number of aryl methyl sites for hydroxylation is 1. The fourth-order valence-electron chi connectivity index (χ4n) is 4.98. The molecule has 4 atom stereocenters. The highest BCUT2D eigenvalue weighted by Crippen LogP contribution is 2.34. The van der Waals surface area contributed by atoms with Crippen LogP contribution in [-0.2, 0) is 20.7 Å². The fourth-order valence-corrected chi connectivity index (χ4v) is 4.98. The van der Waals surface area contributed by atoms with Crippen molar-refractivity contribution >= 4 is 28.7 Å². The SMILES string of the molecule is CCC(NC(N)=O)C(=O)NC[C@@H]1OC[C@@H]2CCN(C(=O)CCc3cnc4ccccc4c3)C[C@@H]21. The third kappa shape index (κ3) is 5.64. The van der Waals surface area contributed by atoms with Gasteiger partial charge in [-0.2, -0.15) is 0 Å². The number of hydrogen-bond acceptors (Lipinski definition) is 5. The summed E-state index contributed by atoms with van der Waals surface area (Å²) in [7, 11) is 0. The van der Waals surface area contributed by atoms with E-state index in [0.29, 0.717) is 44.9 Å². The van der Waals surface area contributed by atoms with E-state index >= 15 is 0 Å². The summed E-state index contributed by atoms with van der Waals surface area (Å²) >= 11 is 0. The molecule has 0 spiro atoms. The lowest BCUT2D eigenvalue weighted by molar-refractivity contribution is -0.134. The Morgan fingerprint density at radius 1 is 1.29 bits per heavy atom. The third-order valence-electron chi connectivity index (χ3n) is 6.95. The number of carbonyl (C=O) groups excluding carboxylic acids is 3. The molecule has 9 heteroatoms. The molecule has 0 aliphatic carbocycles. The van der Waals surface area contributed by atoms with Gasteiger partial charge in [0.25, 0.3) is 0 Å². The van der Waals surface area contributed by atoms with Crippen molar-refractivity contribution in [1.82, 2.24) is 20.5 Å². The highest BCUT2D eigenvalue weighted by molar-refractivity contribution is 5.86. The van der Waals surface area contributed by atoms with Crippen molar-refractivity contribution < 1.29 is 19.1 Å². The molecular formula is C25H33N5O4. The van der Waals surface area contributed by atoms with E-state index < -0.39 is 12.1 Å². The van der Waals surface area contributed by atoms with Gasteiger partial charge in [0.05, 0.1) is 18.2 Å². The summed E-state index contributed by atoms with van der Waals surface area (Å²) in [5.41, 5.74) is 7.16. The Morgan fingerprint density at radius 3 is 2.91 bits per heavy atom. The summed E-state index contributed by atoms with van der Waals surface area (Å²) in [6.07, 6.45) is 4.14. The number of urea groups is 1. The molecule has 0 bridgehead atoms. The van der Waals surface area contributed by atoms with Gasteiger partial charge in [0.2, 0.25) is 11.8 Å². The zero-order valence-electron chi connectivity index (χ0n) is 19.5. The maximum Gasteiger partial charge on any atom is 0.312 e. The molecule has 34 heavy (non-hydrogen) atoms. The number of fused-ring (bicyclic) bond motifs is 2. The largest absolute Gasteiger partial charge is 0.376 e. The molecule has 4 amide bonds. The van der Waals surface area contributed by atoms with Gasteiger partial charge in [-0.3, -0.25) is 14.6 Å². The van der Waals surface area contributed by atoms with Crippen LogP contribution in [0, 0.1) is 11.8 Å². The number of pyridine rings is 1. The van der Waals surface area contributed by atoms with E-state index in [4.69, 9.17) is 10.5 Å². The number of amides is 4. The number of nitrogens with two attached hydrogens (primary N) is 1. The molecule has 1 aromatic carbocycles. The van der Waals surface area contributed by atoms with Crippen molar-refractivity contribution in [2.45, 2.75) is 44.8 Å². The lowest BCUT2D eigenvalue weighted by Crippen LogP contribution is -2.51. The summed E-state index contributed by atoms with van der Waals surface area (Å²) in [6, 6.07) is 8.68. The number of nitrogens with zero attached hydrogens (tertiary/aromatic N) is 2. The predicted octanol–water partition coefficient (Wildman–Crippen LogP) is 1.59. The molecule has 1 unspecified atom stereocenters. The Bertz CT molecular complexity index is 1040. The number of likely N-dealkylation sites (tertiary alicyclic amines) is 1. The van der Waals surface area contributed by atoms with E-state index in [0.717, 1.165) is 29.4 Å². The lowest BCUT2D eigenvalue weighted by Gasteiger charge is -2.36. The molecule has 3 heterocycles. The smallest absolute Gasteiger partial charge is 0.312 e. The van der Waals surface area contributed by atoms with E-state index in [2.05, 4.69) is 21.7 Å². The quantitative estimate of drug-likeness (QED) is 0.543. The van der Waals surface area contributed by atoms with Crippen LogP contribution in [-0.4, -0.2) is 66.1 Å². The highest BCUT2D eigenvalue weighted by atomic mass is 16.5. The normalized spacial score (nSPS) is 22.7. The number of primary amides is 1. The summed E-state index contributed by atoms with van der Waals surface area (Å²) < 4.78 is 5.97. The van der Waals surface area contributed by atoms with E-state index in [9.17, 15) is 14.4 Å². The monoisotopic (exact) mass is 467 g/mol. The van der Waals surface area contributed by atoms with Crippen LogP contribution in [0.15, 0.2) is 36.5 Å². The second-order valence-electron chi connectivity index (χ2n) is 9.17. The van der Waals surface area contributed by atoms with E-state index in [-0.39, 0.29) is 23.8 Å². The van der Waals surface area contributed by atoms with Crippen LogP contribution in [0.25, 0.3) is 10.9 Å². The van der Waals surface area contributed by atoms with E-state index in [1.807, 2.05) is 35.4 Å². The molecular weight excluding hydrogens is 434 g/mol. The van der Waals surface area contributed by atoms with Crippen molar-refractivity contribution in [3.05, 3.63) is 42.1 Å². The molecule has 1 aromatic heterocycles. The Balaban J connectivity index is 1.29. The maximum absolute atomic E-state index is 13.0. The third-order valence-corrected chi connectivity index (χ3v) is 6.95. The number of carbonyl (C=O) groups is 3. The fraction of sp³-hybridized carbons (Fsp3) is 0.520. The maximum atomic E-state index is 13.0. The average Bonchev–Trinajstić information content (AvgIpc) is 3.26. The number of hydrogen-bond donors (Lipinski definition) is 3. The number of rotatable bonds is 8. The van der Waals surface area contributed by atoms with Crippen molar-refractivity contribution in [1.29, 1.82) is 0 Å². The molecule has 2 saturated heterocycles. The van der Waals surface area contributed by atoms with Crippen LogP contribution in [0.3, 0.4) is 0 Å². The first-order chi connectivity index (χ1) is 16.4. The molecule has 2 aliphatic rings. The van der Waals surface area contributed by atoms with Crippen LogP contribution >= 0.6 is 0 Å². The van der Waals surface area contributed by atoms with Gasteiger partial charge in [0.15, 0.2) is 0 Å². The average molecular weight is 468 g/mol. The molecule has 2 aromatic rings. The molecule has 0 saturated carbocycles. The Kier molecular flexibility index (Phi) is 7.62. The predicted molar refractivity (Wildman–Crippen MR) is 128 cm³/mol. The standard InChI is InChI=1S/C25H33N5O4/c1-2-20(29-25(26)33)24(32)28-13-22-19-14-30(10-9-18(19)15-34-22)23(31)8-7-16-11-17-5-3-4-6-21(17)27-12-16/h3-6,11-12,18-20,22H,2,7-10,13-15H2,1H3,(H,28,32)(H3,26,29,33)/t18-,19-,20?,22-/m0/s1. The second kappa shape index (κ2) is 10.8. The Morgan fingerprint density at radius 2 is 2.12 bits per heavy atom. The van der Waals surface area contributed by atoms with Crippen LogP contribution in [0.5, 0.6) is 0 Å². The van der Waals surface area contributed by atoms with Crippen molar-refractivity contribution in [3.8, 4) is 0 Å². The molecule has 182 valence electrons. The van der Waals surface area contributed by atoms with Gasteiger partial charge >= 0.3 is 6.03 Å². The molecule has 4 N–H and O–H groups in total. The summed E-state index contributed by atoms with van der Waals surface area (Å²) in [5, 5.41) is 6.40. The number of aromatic nitrogens is 1. The summed E-state index contributed by atoms with van der Waals surface area (Å²) in [4.78, 5) is 42.9. The molecule has 2 aliphatic heterocycles. The summed E-state index contributed by atoms with van der Waals surface area (Å²) in [5.74, 6) is 0.435. The van der Waals surface area contributed by atoms with Crippen LogP contribution in [0.4, 0.5) is 4.79 Å². The zero-order chi connectivity index (χ0) is 24.1. The minimum atomic E-state index is -0.722. The molecule has 4 rings (SSSR count). The topological polar surface area (TPSA) is 127 Å². The zero-order valence-corrected chi connectivity index (χ0v) is 19.5. The van der Waals surface area contributed by atoms with Gasteiger partial charge in [-0.05, 0) is 42.9 Å². The van der Waals surface area contributed by atoms with Gasteiger partial charge in [0, 0.05) is 43.6 Å². The number of ether oxygens (including phenoxy) is 1. The number of benzene rings is 1. The van der Waals surface area contributed by atoms with Crippen molar-refractivity contribution in [2.75, 3.05) is 26.2 Å². The van der Waals surface area contributed by atoms with Crippen LogP contribution in [0.2, 0.25) is 0 Å². The number of piperidine rings is 1. The molecule has 0 radical (unpaired) electrons. The van der Waals surface area contributed by atoms with Gasteiger partial charge < -0.3 is 26.0 Å². The Hall–Kier alpha value is -3.20. The van der Waals surface area contributed by atoms with Gasteiger partial charge in [-0.1, -0.05) is 25.1 Å². The number of nitrogens with one attached hydrogen (secondary N) is 2. The molecule has 9 nitrogen and oxygen atoms in total. The first-order valence-electron chi connectivity index (χ1n) is 12.0. The highest BCUT2D eigenvalue weighted by Gasteiger charge is 2.42. The van der Waals surface area contributed by atoms with Gasteiger partial charge in [-0.15, -0.1) is 0 Å². The lowest BCUT2D eigenvalue weighted by atomic mass is 9.84. The van der Waals surface area contributed by atoms with Gasteiger partial charge in [0.1, 0.15) is 6.04 Å². The first-order valence-corrected chi connectivity index (χ1v) is 12.0. The van der Waals surface area contributed by atoms with E-state index in [1.165, 1.54) is 0 Å². The van der Waals surface area contributed by atoms with E-state index in [1.54, 1.807) is 6.92 Å². The first kappa shape index (κ1) is 23.9.